The summed E-state index contributed by atoms with van der Waals surface area (Å²) in [7, 11) is 0. The molecule has 0 aromatic rings. The van der Waals surface area contributed by atoms with Crippen LogP contribution in [0.15, 0.2) is 5.10 Å². The average Bonchev–Trinajstić information content (AvgIpc) is 2.12. The van der Waals surface area contributed by atoms with Crippen LogP contribution in [0.5, 0.6) is 0 Å². The number of hydrogen-bond acceptors (Lipinski definition) is 4. The van der Waals surface area contributed by atoms with Crippen molar-refractivity contribution in [3.8, 4) is 0 Å². The lowest BCUT2D eigenvalue weighted by molar-refractivity contribution is -0.00633. The highest BCUT2D eigenvalue weighted by Crippen LogP contribution is 1.96. The highest BCUT2D eigenvalue weighted by atomic mass is 19.3. The SMILES string of the molecule is FC(F)N1C=NNN1. The summed E-state index contributed by atoms with van der Waals surface area (Å²) < 4.78 is 22.9. The Morgan fingerprint density at radius 1 is 1.62 bits per heavy atom. The summed E-state index contributed by atoms with van der Waals surface area (Å²) in [5, 5.41) is 3.79. The standard InChI is InChI=1S/C2H4F2N4/c3-2(4)8-1-5-6-7-8/h1-2,6-7H. The lowest BCUT2D eigenvalue weighted by Crippen LogP contribution is -2.40. The topological polar surface area (TPSA) is 39.7 Å². The molecule has 1 aliphatic rings. The van der Waals surface area contributed by atoms with Crippen LogP contribution >= 0.6 is 0 Å². The van der Waals surface area contributed by atoms with E-state index in [1.807, 2.05) is 0 Å². The summed E-state index contributed by atoms with van der Waals surface area (Å²) in [6.45, 7) is -2.55. The first-order valence-electron chi connectivity index (χ1n) is 1.91. The Kier molecular flexibility index (Phi) is 1.25. The fourth-order valence-electron chi connectivity index (χ4n) is 0.306. The normalized spacial score (nSPS) is 17.6. The molecule has 0 fully saturated rings. The number of halogens is 2. The van der Waals surface area contributed by atoms with Crippen molar-refractivity contribution >= 4 is 6.34 Å². The molecule has 0 bridgehead atoms. The molecule has 0 spiro atoms. The van der Waals surface area contributed by atoms with Crippen molar-refractivity contribution in [2.75, 3.05) is 0 Å². The largest absolute Gasteiger partial charge is 0.330 e. The Labute approximate surface area is 44.1 Å². The van der Waals surface area contributed by atoms with Gasteiger partial charge in [-0.15, -0.1) is 5.53 Å². The lowest BCUT2D eigenvalue weighted by atomic mass is 11.0. The van der Waals surface area contributed by atoms with Crippen molar-refractivity contribution < 1.29 is 8.78 Å². The fourth-order valence-corrected chi connectivity index (χ4v) is 0.306. The molecule has 0 unspecified atom stereocenters. The molecular formula is C2H4F2N4. The van der Waals surface area contributed by atoms with Gasteiger partial charge in [0.05, 0.1) is 0 Å². The third kappa shape index (κ3) is 0.836. The summed E-state index contributed by atoms with van der Waals surface area (Å²) in [5.74, 6) is 0. The number of hydrazine groups is 2. The third-order valence-corrected chi connectivity index (χ3v) is 0.636. The molecule has 0 atom stereocenters. The minimum absolute atomic E-state index is 0.542. The Morgan fingerprint density at radius 2 is 2.38 bits per heavy atom. The van der Waals surface area contributed by atoms with Crippen molar-refractivity contribution in [3.05, 3.63) is 0 Å². The second-order valence-electron chi connectivity index (χ2n) is 1.15. The Hall–Kier alpha value is -0.910. The van der Waals surface area contributed by atoms with E-state index in [1.54, 1.807) is 0 Å². The summed E-state index contributed by atoms with van der Waals surface area (Å²) in [6.07, 6.45) is 0.963. The van der Waals surface area contributed by atoms with E-state index >= 15 is 0 Å². The molecular weight excluding hydrogens is 118 g/mol. The van der Waals surface area contributed by atoms with Crippen molar-refractivity contribution in [1.82, 2.24) is 16.1 Å². The van der Waals surface area contributed by atoms with Gasteiger partial charge in [-0.05, 0) is 0 Å². The minimum Gasteiger partial charge on any atom is -0.223 e. The van der Waals surface area contributed by atoms with E-state index in [1.165, 1.54) is 0 Å². The summed E-state index contributed by atoms with van der Waals surface area (Å²) in [5.41, 5.74) is 4.19. The van der Waals surface area contributed by atoms with Gasteiger partial charge in [-0.25, -0.2) is 10.5 Å². The van der Waals surface area contributed by atoms with Gasteiger partial charge in [-0.2, -0.15) is 13.9 Å². The van der Waals surface area contributed by atoms with Gasteiger partial charge in [0.15, 0.2) is 0 Å². The minimum atomic E-state index is -2.55. The molecule has 0 aliphatic carbocycles. The maximum atomic E-state index is 11.5. The van der Waals surface area contributed by atoms with E-state index in [-0.39, 0.29) is 0 Å². The molecule has 1 heterocycles. The van der Waals surface area contributed by atoms with Gasteiger partial charge in [0.2, 0.25) is 0 Å². The zero-order valence-electron chi connectivity index (χ0n) is 3.81. The maximum Gasteiger partial charge on any atom is 0.330 e. The van der Waals surface area contributed by atoms with E-state index in [0.717, 1.165) is 6.34 Å². The molecule has 0 aromatic heterocycles. The monoisotopic (exact) mass is 122 g/mol. The molecule has 1 rings (SSSR count). The molecule has 4 nitrogen and oxygen atoms in total. The number of nitrogens with one attached hydrogen (secondary N) is 2. The molecule has 1 aliphatic heterocycles. The van der Waals surface area contributed by atoms with Crippen LogP contribution in [-0.2, 0) is 0 Å². The first-order valence-corrected chi connectivity index (χ1v) is 1.91. The van der Waals surface area contributed by atoms with Crippen LogP contribution in [0, 0.1) is 0 Å². The predicted octanol–water partition coefficient (Wildman–Crippen LogP) is -0.523. The second-order valence-corrected chi connectivity index (χ2v) is 1.15. The highest BCUT2D eigenvalue weighted by molar-refractivity contribution is 5.54. The first-order chi connectivity index (χ1) is 3.80. The van der Waals surface area contributed by atoms with Crippen molar-refractivity contribution in [1.29, 1.82) is 0 Å². The molecule has 0 radical (unpaired) electrons. The van der Waals surface area contributed by atoms with Crippen LogP contribution in [0.4, 0.5) is 8.78 Å². The molecule has 0 saturated heterocycles. The van der Waals surface area contributed by atoms with Gasteiger partial charge in [-0.1, -0.05) is 0 Å². The van der Waals surface area contributed by atoms with E-state index in [4.69, 9.17) is 0 Å². The van der Waals surface area contributed by atoms with Gasteiger partial charge < -0.3 is 0 Å². The Balaban J connectivity index is 2.36. The zero-order valence-corrected chi connectivity index (χ0v) is 3.81. The predicted molar refractivity (Wildman–Crippen MR) is 22.6 cm³/mol. The quantitative estimate of drug-likeness (QED) is 0.459. The van der Waals surface area contributed by atoms with Crippen LogP contribution in [0.3, 0.4) is 0 Å². The van der Waals surface area contributed by atoms with Crippen LogP contribution in [0.2, 0.25) is 0 Å². The van der Waals surface area contributed by atoms with E-state index in [2.05, 4.69) is 16.2 Å². The second kappa shape index (κ2) is 1.91. The maximum absolute atomic E-state index is 11.5. The molecule has 0 amide bonds. The smallest absolute Gasteiger partial charge is 0.223 e. The average molecular weight is 122 g/mol. The van der Waals surface area contributed by atoms with Crippen LogP contribution in [0.1, 0.15) is 0 Å². The van der Waals surface area contributed by atoms with Crippen molar-refractivity contribution in [2.45, 2.75) is 6.55 Å². The number of rotatable bonds is 1. The Bertz CT molecular complexity index is 102. The molecule has 8 heavy (non-hydrogen) atoms. The van der Waals surface area contributed by atoms with E-state index in [9.17, 15) is 8.78 Å². The van der Waals surface area contributed by atoms with Crippen LogP contribution in [0.25, 0.3) is 0 Å². The Morgan fingerprint density at radius 3 is 2.62 bits per heavy atom. The fraction of sp³-hybridized carbons (Fsp3) is 0.500. The van der Waals surface area contributed by atoms with Crippen LogP contribution < -0.4 is 11.1 Å². The van der Waals surface area contributed by atoms with Gasteiger partial charge in [-0.3, -0.25) is 0 Å². The molecule has 0 aromatic carbocycles. The molecule has 2 N–H and O–H groups in total. The van der Waals surface area contributed by atoms with E-state index < -0.39 is 6.55 Å². The van der Waals surface area contributed by atoms with Gasteiger partial charge in [0, 0.05) is 0 Å². The number of hydrogen-bond donors (Lipinski definition) is 2. The molecule has 0 saturated carbocycles. The van der Waals surface area contributed by atoms with Gasteiger partial charge >= 0.3 is 6.55 Å². The van der Waals surface area contributed by atoms with Crippen molar-refractivity contribution in [2.24, 2.45) is 5.10 Å². The van der Waals surface area contributed by atoms with Crippen LogP contribution in [-0.4, -0.2) is 17.9 Å². The number of nitrogens with zero attached hydrogens (tertiary/aromatic N) is 2. The van der Waals surface area contributed by atoms with Gasteiger partial charge in [0.25, 0.3) is 0 Å². The van der Waals surface area contributed by atoms with E-state index in [0.29, 0.717) is 5.01 Å². The summed E-state index contributed by atoms with van der Waals surface area (Å²) in [6, 6.07) is 0. The zero-order chi connectivity index (χ0) is 5.98. The summed E-state index contributed by atoms with van der Waals surface area (Å²) >= 11 is 0. The number of hydrazone groups is 1. The van der Waals surface area contributed by atoms with Gasteiger partial charge in [0.1, 0.15) is 6.34 Å². The molecule has 46 valence electrons. The highest BCUT2D eigenvalue weighted by Gasteiger charge is 2.13. The molecule has 6 heteroatoms. The number of alkyl halides is 2. The lowest BCUT2D eigenvalue weighted by Gasteiger charge is -2.09. The summed E-state index contributed by atoms with van der Waals surface area (Å²) in [4.78, 5) is 0. The first kappa shape index (κ1) is 5.23. The third-order valence-electron chi connectivity index (χ3n) is 0.636. The van der Waals surface area contributed by atoms with Crippen molar-refractivity contribution in [3.63, 3.8) is 0 Å².